The van der Waals surface area contributed by atoms with Crippen LogP contribution in [0.5, 0.6) is 11.5 Å². The lowest BCUT2D eigenvalue weighted by Crippen LogP contribution is -2.19. The smallest absolute Gasteiger partial charge is 0.250 e. The molecule has 2 aromatic carbocycles. The number of benzene rings is 2. The van der Waals surface area contributed by atoms with Crippen LogP contribution in [-0.2, 0) is 11.4 Å². The van der Waals surface area contributed by atoms with Gasteiger partial charge in [-0.1, -0.05) is 35.2 Å². The number of nitrogen functional groups attached to an aromatic ring is 1. The molecule has 1 aromatic heterocycles. The lowest BCUT2D eigenvalue weighted by Gasteiger charge is -2.14. The Hall–Kier alpha value is -3.11. The fourth-order valence-electron chi connectivity index (χ4n) is 2.83. The van der Waals surface area contributed by atoms with Crippen molar-refractivity contribution in [1.29, 1.82) is 0 Å². The number of anilines is 1. The molecule has 32 heavy (non-hydrogen) atoms. The van der Waals surface area contributed by atoms with Crippen LogP contribution >= 0.6 is 23.1 Å². The van der Waals surface area contributed by atoms with Crippen molar-refractivity contribution in [2.45, 2.75) is 31.7 Å². The highest BCUT2D eigenvalue weighted by Crippen LogP contribution is 2.29. The van der Waals surface area contributed by atoms with Crippen molar-refractivity contribution >= 4 is 40.4 Å². The van der Waals surface area contributed by atoms with Crippen LogP contribution in [0, 0.1) is 20.8 Å². The van der Waals surface area contributed by atoms with Gasteiger partial charge in [-0.25, -0.2) is 5.43 Å². The van der Waals surface area contributed by atoms with Gasteiger partial charge in [0, 0.05) is 0 Å². The van der Waals surface area contributed by atoms with E-state index >= 15 is 0 Å². The van der Waals surface area contributed by atoms with Crippen molar-refractivity contribution in [3.63, 3.8) is 0 Å². The van der Waals surface area contributed by atoms with Crippen LogP contribution < -0.4 is 20.6 Å². The van der Waals surface area contributed by atoms with Crippen LogP contribution in [0.2, 0.25) is 0 Å². The van der Waals surface area contributed by atoms with E-state index in [1.807, 2.05) is 12.1 Å². The highest BCUT2D eigenvalue weighted by molar-refractivity contribution is 8.01. The minimum Gasteiger partial charge on any atom is -0.493 e. The van der Waals surface area contributed by atoms with Gasteiger partial charge in [-0.3, -0.25) is 4.79 Å². The van der Waals surface area contributed by atoms with Gasteiger partial charge in [-0.15, -0.1) is 10.2 Å². The van der Waals surface area contributed by atoms with Crippen LogP contribution in [0.25, 0.3) is 0 Å². The quantitative estimate of drug-likeness (QED) is 0.277. The van der Waals surface area contributed by atoms with Gasteiger partial charge in [-0.2, -0.15) is 5.10 Å². The number of nitrogens with zero attached hydrogens (tertiary/aromatic N) is 3. The first-order chi connectivity index (χ1) is 15.4. The van der Waals surface area contributed by atoms with Crippen LogP contribution in [0.15, 0.2) is 39.8 Å². The molecule has 8 nitrogen and oxygen atoms in total. The Morgan fingerprint density at radius 1 is 1.16 bits per heavy atom. The maximum Gasteiger partial charge on any atom is 0.250 e. The lowest BCUT2D eigenvalue weighted by atomic mass is 10.0. The monoisotopic (exact) mass is 471 g/mol. The van der Waals surface area contributed by atoms with E-state index in [1.54, 1.807) is 19.4 Å². The number of thioether (sulfide) groups is 1. The zero-order valence-electron chi connectivity index (χ0n) is 18.3. The molecule has 0 aliphatic carbocycles. The molecule has 0 spiro atoms. The molecule has 0 aliphatic heterocycles. The minimum atomic E-state index is -0.254. The summed E-state index contributed by atoms with van der Waals surface area (Å²) < 4.78 is 12.1. The molecule has 3 rings (SSSR count). The van der Waals surface area contributed by atoms with Crippen molar-refractivity contribution in [3.8, 4) is 11.5 Å². The second-order valence-corrected chi connectivity index (χ2v) is 9.28. The molecule has 3 aromatic rings. The van der Waals surface area contributed by atoms with Gasteiger partial charge in [0.05, 0.1) is 19.1 Å². The number of nitrogens with one attached hydrogen (secondary N) is 1. The van der Waals surface area contributed by atoms with Crippen LogP contribution in [-0.4, -0.2) is 35.2 Å². The first-order valence-electron chi connectivity index (χ1n) is 9.77. The SMILES string of the molecule is COc1cc(C=NNC(=O)CSc2nnc(N)s2)ccc1OCc1cc(C)c(C)cc1C. The number of ether oxygens (including phenoxy) is 2. The Bertz CT molecular complexity index is 1130. The predicted octanol–water partition coefficient (Wildman–Crippen LogP) is 3.88. The molecule has 1 amide bonds. The minimum absolute atomic E-state index is 0.167. The van der Waals surface area contributed by atoms with E-state index in [9.17, 15) is 4.79 Å². The maximum atomic E-state index is 11.9. The van der Waals surface area contributed by atoms with Gasteiger partial charge in [0.2, 0.25) is 5.13 Å². The van der Waals surface area contributed by atoms with Gasteiger partial charge in [-0.05, 0) is 66.8 Å². The summed E-state index contributed by atoms with van der Waals surface area (Å²) in [5.74, 6) is 1.14. The number of hydrazone groups is 1. The molecule has 1 heterocycles. The standard InChI is InChI=1S/C22H25N5O3S2/c1-13-7-15(3)17(8-14(13)2)11-30-18-6-5-16(9-19(18)29-4)10-24-25-20(28)12-31-22-27-26-21(23)32-22/h5-10H,11-12H2,1-4H3,(H2,23,26)(H,25,28). The summed E-state index contributed by atoms with van der Waals surface area (Å²) in [5, 5.41) is 11.9. The number of amides is 1. The Morgan fingerprint density at radius 3 is 2.66 bits per heavy atom. The molecule has 0 aliphatic rings. The molecule has 10 heteroatoms. The first-order valence-corrected chi connectivity index (χ1v) is 11.6. The summed E-state index contributed by atoms with van der Waals surface area (Å²) in [4.78, 5) is 11.9. The van der Waals surface area contributed by atoms with Gasteiger partial charge in [0.25, 0.3) is 5.91 Å². The van der Waals surface area contributed by atoms with Gasteiger partial charge in [0.1, 0.15) is 6.61 Å². The Kier molecular flexibility index (Phi) is 8.07. The molecule has 0 unspecified atom stereocenters. The van der Waals surface area contributed by atoms with E-state index < -0.39 is 0 Å². The number of nitrogens with two attached hydrogens (primary N) is 1. The van der Waals surface area contributed by atoms with E-state index in [-0.39, 0.29) is 11.7 Å². The van der Waals surface area contributed by atoms with E-state index in [1.165, 1.54) is 39.8 Å². The highest BCUT2D eigenvalue weighted by atomic mass is 32.2. The summed E-state index contributed by atoms with van der Waals surface area (Å²) in [5.41, 5.74) is 13.6. The third kappa shape index (κ3) is 6.44. The molecule has 0 radical (unpaired) electrons. The van der Waals surface area contributed by atoms with E-state index in [0.29, 0.717) is 27.6 Å². The van der Waals surface area contributed by atoms with E-state index in [0.717, 1.165) is 11.1 Å². The van der Waals surface area contributed by atoms with Gasteiger partial charge >= 0.3 is 0 Å². The number of carbonyl (C=O) groups is 1. The summed E-state index contributed by atoms with van der Waals surface area (Å²) in [7, 11) is 1.59. The number of hydrogen-bond acceptors (Lipinski definition) is 9. The van der Waals surface area contributed by atoms with Crippen LogP contribution in [0.4, 0.5) is 5.13 Å². The summed E-state index contributed by atoms with van der Waals surface area (Å²) >= 11 is 2.49. The summed E-state index contributed by atoms with van der Waals surface area (Å²) in [6, 6.07) is 9.80. The molecule has 168 valence electrons. The summed E-state index contributed by atoms with van der Waals surface area (Å²) in [6.07, 6.45) is 1.55. The largest absolute Gasteiger partial charge is 0.493 e. The fourth-order valence-corrected chi connectivity index (χ4v) is 4.26. The average Bonchev–Trinajstić information content (AvgIpc) is 3.19. The van der Waals surface area contributed by atoms with Crippen molar-refractivity contribution in [2.75, 3.05) is 18.6 Å². The zero-order chi connectivity index (χ0) is 23.1. The lowest BCUT2D eigenvalue weighted by molar-refractivity contribution is -0.118. The topological polar surface area (TPSA) is 112 Å². The number of methoxy groups -OCH3 is 1. The van der Waals surface area contributed by atoms with Crippen molar-refractivity contribution in [2.24, 2.45) is 5.10 Å². The number of hydrogen-bond donors (Lipinski definition) is 2. The number of rotatable bonds is 9. The Labute approximate surface area is 195 Å². The van der Waals surface area contributed by atoms with E-state index in [2.05, 4.69) is 53.6 Å². The molecule has 0 atom stereocenters. The average molecular weight is 472 g/mol. The molecule has 0 bridgehead atoms. The molecular weight excluding hydrogens is 446 g/mol. The number of aromatic nitrogens is 2. The summed E-state index contributed by atoms with van der Waals surface area (Å²) in [6.45, 7) is 6.73. The Balaban J connectivity index is 1.56. The van der Waals surface area contributed by atoms with E-state index in [4.69, 9.17) is 15.2 Å². The van der Waals surface area contributed by atoms with Crippen molar-refractivity contribution in [1.82, 2.24) is 15.6 Å². The Morgan fingerprint density at radius 2 is 1.94 bits per heavy atom. The second-order valence-electron chi connectivity index (χ2n) is 7.05. The van der Waals surface area contributed by atoms with Crippen molar-refractivity contribution < 1.29 is 14.3 Å². The third-order valence-corrected chi connectivity index (χ3v) is 6.56. The molecule has 0 saturated heterocycles. The van der Waals surface area contributed by atoms with Crippen molar-refractivity contribution in [3.05, 3.63) is 58.1 Å². The van der Waals surface area contributed by atoms with Crippen LogP contribution in [0.3, 0.4) is 0 Å². The van der Waals surface area contributed by atoms with Gasteiger partial charge in [0.15, 0.2) is 15.8 Å². The fraction of sp³-hybridized carbons (Fsp3) is 0.273. The second kappa shape index (κ2) is 11.0. The predicted molar refractivity (Wildman–Crippen MR) is 129 cm³/mol. The maximum absolute atomic E-state index is 11.9. The third-order valence-electron chi connectivity index (χ3n) is 4.67. The first kappa shape index (κ1) is 23.6. The molecule has 0 saturated carbocycles. The normalized spacial score (nSPS) is 11.0. The molecule has 3 N–H and O–H groups in total. The van der Waals surface area contributed by atoms with Crippen LogP contribution in [0.1, 0.15) is 27.8 Å². The zero-order valence-corrected chi connectivity index (χ0v) is 20.0. The molecular formula is C22H25N5O3S2. The number of aryl methyl sites for hydroxylation is 3. The van der Waals surface area contributed by atoms with Gasteiger partial charge < -0.3 is 15.2 Å². The number of carbonyl (C=O) groups excluding carboxylic acids is 1. The highest BCUT2D eigenvalue weighted by Gasteiger charge is 2.09. The molecule has 0 fully saturated rings.